The largest absolute Gasteiger partial charge is 0.481 e. The molecule has 0 aliphatic heterocycles. The van der Waals surface area contributed by atoms with E-state index in [1.54, 1.807) is 0 Å². The van der Waals surface area contributed by atoms with Crippen molar-refractivity contribution in [3.05, 3.63) is 29.8 Å². The Morgan fingerprint density at radius 2 is 2.00 bits per heavy atom. The summed E-state index contributed by atoms with van der Waals surface area (Å²) in [5.74, 6) is -1.63. The van der Waals surface area contributed by atoms with E-state index in [2.05, 4.69) is 0 Å². The van der Waals surface area contributed by atoms with Crippen molar-refractivity contribution >= 4 is 21.8 Å². The molecule has 0 aliphatic rings. The summed E-state index contributed by atoms with van der Waals surface area (Å²) >= 11 is 0. The molecule has 0 heterocycles. The second kappa shape index (κ2) is 6.33. The molecule has 6 nitrogen and oxygen atoms in total. The van der Waals surface area contributed by atoms with Crippen LogP contribution >= 0.6 is 0 Å². The third-order valence-corrected chi connectivity index (χ3v) is 3.38. The zero-order valence-corrected chi connectivity index (χ0v) is 11.1. The maximum atomic E-state index is 11.6. The third kappa shape index (κ3) is 5.09. The maximum absolute atomic E-state index is 11.6. The van der Waals surface area contributed by atoms with Crippen LogP contribution in [-0.4, -0.2) is 38.3 Å². The van der Waals surface area contributed by atoms with Crippen LogP contribution in [0, 0.1) is 0 Å². The molecule has 0 unspecified atom stereocenters. The van der Waals surface area contributed by atoms with Crippen LogP contribution in [0.25, 0.3) is 0 Å². The minimum Gasteiger partial charge on any atom is -0.481 e. The Labute approximate surface area is 110 Å². The molecule has 104 valence electrons. The normalized spacial score (nSPS) is 11.0. The lowest BCUT2D eigenvalue weighted by molar-refractivity contribution is -0.137. The van der Waals surface area contributed by atoms with Crippen molar-refractivity contribution in [1.29, 1.82) is 0 Å². The van der Waals surface area contributed by atoms with E-state index in [-0.39, 0.29) is 29.9 Å². The van der Waals surface area contributed by atoms with E-state index in [4.69, 9.17) is 9.84 Å². The maximum Gasteiger partial charge on any atom is 0.338 e. The van der Waals surface area contributed by atoms with Gasteiger partial charge in [-0.3, -0.25) is 4.79 Å². The fraction of sp³-hybridized carbons (Fsp3) is 0.333. The molecule has 0 radical (unpaired) electrons. The first-order valence-electron chi connectivity index (χ1n) is 5.50. The Hall–Kier alpha value is -1.89. The minimum atomic E-state index is -3.38. The molecule has 1 aromatic rings. The Morgan fingerprint density at radius 1 is 1.32 bits per heavy atom. The number of benzene rings is 1. The molecule has 0 saturated carbocycles. The van der Waals surface area contributed by atoms with Crippen LogP contribution in [0.1, 0.15) is 23.2 Å². The Kier molecular flexibility index (Phi) is 5.05. The molecule has 0 saturated heterocycles. The molecule has 1 aromatic carbocycles. The first-order chi connectivity index (χ1) is 8.80. The summed E-state index contributed by atoms with van der Waals surface area (Å²) in [5.41, 5.74) is 0.123. The van der Waals surface area contributed by atoms with Crippen molar-refractivity contribution in [3.63, 3.8) is 0 Å². The smallest absolute Gasteiger partial charge is 0.338 e. The lowest BCUT2D eigenvalue weighted by atomic mass is 10.2. The minimum absolute atomic E-state index is 0.0196. The number of carboxylic acids is 1. The van der Waals surface area contributed by atoms with Gasteiger partial charge in [-0.25, -0.2) is 13.2 Å². The average molecular weight is 286 g/mol. The Bertz CT molecular complexity index is 576. The first-order valence-corrected chi connectivity index (χ1v) is 7.39. The molecule has 7 heteroatoms. The van der Waals surface area contributed by atoms with Crippen LogP contribution in [0.5, 0.6) is 0 Å². The van der Waals surface area contributed by atoms with Crippen LogP contribution in [-0.2, 0) is 19.4 Å². The van der Waals surface area contributed by atoms with E-state index in [0.717, 1.165) is 6.26 Å². The monoisotopic (exact) mass is 286 g/mol. The van der Waals surface area contributed by atoms with E-state index in [1.807, 2.05) is 0 Å². The second-order valence-electron chi connectivity index (χ2n) is 3.93. The molecule has 0 spiro atoms. The zero-order chi connectivity index (χ0) is 14.5. The summed E-state index contributed by atoms with van der Waals surface area (Å²) < 4.78 is 27.5. The van der Waals surface area contributed by atoms with Crippen molar-refractivity contribution < 1.29 is 27.9 Å². The highest BCUT2D eigenvalue weighted by Gasteiger charge is 2.12. The van der Waals surface area contributed by atoms with Crippen LogP contribution in [0.3, 0.4) is 0 Å². The van der Waals surface area contributed by atoms with Gasteiger partial charge in [-0.2, -0.15) is 0 Å². The van der Waals surface area contributed by atoms with Crippen LogP contribution in [0.15, 0.2) is 29.2 Å². The molecule has 0 fully saturated rings. The van der Waals surface area contributed by atoms with Crippen molar-refractivity contribution in [1.82, 2.24) is 0 Å². The van der Waals surface area contributed by atoms with Gasteiger partial charge in [0.15, 0.2) is 9.84 Å². The number of carboxylic acid groups (broad SMARTS) is 1. The standard InChI is InChI=1S/C12H14O6S/c1-19(16,17)10-5-2-4-9(8-10)12(15)18-7-3-6-11(13)14/h2,4-5,8H,3,6-7H2,1H3,(H,13,14). The SMILES string of the molecule is CS(=O)(=O)c1cccc(C(=O)OCCCC(=O)O)c1. The van der Waals surface area contributed by atoms with Crippen LogP contribution in [0.4, 0.5) is 0 Å². The fourth-order valence-electron chi connectivity index (χ4n) is 1.33. The van der Waals surface area contributed by atoms with Gasteiger partial charge in [0, 0.05) is 12.7 Å². The fourth-order valence-corrected chi connectivity index (χ4v) is 1.99. The van der Waals surface area contributed by atoms with E-state index >= 15 is 0 Å². The topological polar surface area (TPSA) is 97.7 Å². The number of carbonyl (C=O) groups is 2. The Balaban J connectivity index is 2.65. The summed E-state index contributed by atoms with van der Waals surface area (Å²) in [4.78, 5) is 21.9. The van der Waals surface area contributed by atoms with Gasteiger partial charge in [0.1, 0.15) is 0 Å². The van der Waals surface area contributed by atoms with Gasteiger partial charge in [0.25, 0.3) is 0 Å². The number of carbonyl (C=O) groups excluding carboxylic acids is 1. The van der Waals surface area contributed by atoms with E-state index in [9.17, 15) is 18.0 Å². The number of aliphatic carboxylic acids is 1. The van der Waals surface area contributed by atoms with E-state index in [1.165, 1.54) is 24.3 Å². The molecule has 0 aliphatic carbocycles. The van der Waals surface area contributed by atoms with Crippen LogP contribution in [0.2, 0.25) is 0 Å². The average Bonchev–Trinajstić information content (AvgIpc) is 2.33. The van der Waals surface area contributed by atoms with Gasteiger partial charge in [-0.15, -0.1) is 0 Å². The summed E-state index contributed by atoms with van der Waals surface area (Å²) in [6, 6.07) is 5.50. The third-order valence-electron chi connectivity index (χ3n) is 2.27. The van der Waals surface area contributed by atoms with Gasteiger partial charge < -0.3 is 9.84 Å². The highest BCUT2D eigenvalue weighted by Crippen LogP contribution is 2.12. The Morgan fingerprint density at radius 3 is 2.58 bits per heavy atom. The molecule has 0 bridgehead atoms. The lowest BCUT2D eigenvalue weighted by Crippen LogP contribution is -2.09. The molecule has 0 amide bonds. The zero-order valence-electron chi connectivity index (χ0n) is 10.3. The predicted octanol–water partition coefficient (Wildman–Crippen LogP) is 1.11. The van der Waals surface area contributed by atoms with Crippen LogP contribution < -0.4 is 0 Å². The second-order valence-corrected chi connectivity index (χ2v) is 5.95. The molecule has 1 rings (SSSR count). The van der Waals surface area contributed by atoms with Gasteiger partial charge >= 0.3 is 11.9 Å². The number of rotatable bonds is 6. The summed E-state index contributed by atoms with van der Waals surface area (Å²) in [5, 5.41) is 8.41. The van der Waals surface area contributed by atoms with Crippen molar-refractivity contribution in [2.45, 2.75) is 17.7 Å². The van der Waals surface area contributed by atoms with Gasteiger partial charge in [-0.05, 0) is 24.6 Å². The molecule has 19 heavy (non-hydrogen) atoms. The predicted molar refractivity (Wildman–Crippen MR) is 66.7 cm³/mol. The summed E-state index contributed by atoms with van der Waals surface area (Å²) in [6.45, 7) is -0.0196. The molecule has 0 aromatic heterocycles. The van der Waals surface area contributed by atoms with Crippen molar-refractivity contribution in [3.8, 4) is 0 Å². The number of esters is 1. The first kappa shape index (κ1) is 15.2. The molecule has 0 atom stereocenters. The number of ether oxygens (including phenoxy) is 1. The summed E-state index contributed by atoms with van der Waals surface area (Å²) in [7, 11) is -3.38. The number of hydrogen-bond acceptors (Lipinski definition) is 5. The summed E-state index contributed by atoms with van der Waals surface area (Å²) in [6.07, 6.45) is 1.17. The molecular weight excluding hydrogens is 272 g/mol. The molecular formula is C12H14O6S. The quantitative estimate of drug-likeness (QED) is 0.621. The number of hydrogen-bond donors (Lipinski definition) is 1. The van der Waals surface area contributed by atoms with Gasteiger partial charge in [0.05, 0.1) is 17.1 Å². The van der Waals surface area contributed by atoms with E-state index < -0.39 is 21.8 Å². The number of sulfone groups is 1. The highest BCUT2D eigenvalue weighted by atomic mass is 32.2. The van der Waals surface area contributed by atoms with E-state index in [0.29, 0.717) is 0 Å². The van der Waals surface area contributed by atoms with Crippen molar-refractivity contribution in [2.24, 2.45) is 0 Å². The van der Waals surface area contributed by atoms with Gasteiger partial charge in [-0.1, -0.05) is 6.07 Å². The van der Waals surface area contributed by atoms with Gasteiger partial charge in [0.2, 0.25) is 0 Å². The molecule has 1 N–H and O–H groups in total. The highest BCUT2D eigenvalue weighted by molar-refractivity contribution is 7.90. The van der Waals surface area contributed by atoms with Crippen molar-refractivity contribution in [2.75, 3.05) is 12.9 Å². The lowest BCUT2D eigenvalue weighted by Gasteiger charge is -2.05.